The van der Waals surface area contributed by atoms with Crippen molar-refractivity contribution in [2.24, 2.45) is 5.92 Å². The molecule has 3 heteroatoms. The molecule has 1 aromatic carbocycles. The molecule has 2 heterocycles. The number of benzene rings is 1. The summed E-state index contributed by atoms with van der Waals surface area (Å²) in [4.78, 5) is 0. The van der Waals surface area contributed by atoms with E-state index in [4.69, 9.17) is 9.47 Å². The predicted molar refractivity (Wildman–Crippen MR) is 85.4 cm³/mol. The third-order valence-corrected chi connectivity index (χ3v) is 4.54. The van der Waals surface area contributed by atoms with Crippen molar-refractivity contribution >= 4 is 0 Å². The average Bonchev–Trinajstić information content (AvgIpc) is 2.72. The minimum absolute atomic E-state index is 0.522. The van der Waals surface area contributed by atoms with E-state index in [1.54, 1.807) is 0 Å². The lowest BCUT2D eigenvalue weighted by Gasteiger charge is -2.25. The second-order valence-corrected chi connectivity index (χ2v) is 6.62. The predicted octanol–water partition coefficient (Wildman–Crippen LogP) is 3.51. The molecule has 0 bridgehead atoms. The zero-order chi connectivity index (χ0) is 14.7. The maximum Gasteiger partial charge on any atom is 0.161 e. The fourth-order valence-electron chi connectivity index (χ4n) is 3.39. The highest BCUT2D eigenvalue weighted by Gasteiger charge is 2.20. The van der Waals surface area contributed by atoms with E-state index < -0.39 is 0 Å². The summed E-state index contributed by atoms with van der Waals surface area (Å²) in [5.74, 6) is 3.15. The topological polar surface area (TPSA) is 30.5 Å². The summed E-state index contributed by atoms with van der Waals surface area (Å²) in [5, 5.41) is 3.52. The van der Waals surface area contributed by atoms with Crippen LogP contribution in [0.15, 0.2) is 12.1 Å². The van der Waals surface area contributed by atoms with Gasteiger partial charge in [0.25, 0.3) is 0 Å². The van der Waals surface area contributed by atoms with Gasteiger partial charge in [0.05, 0.1) is 13.2 Å². The standard InChI is InChI=1S/C18H27NO2/c1-13(2)16-11-18-17(20-7-4-8-21-18)10-15(16)9-14-5-3-6-19-12-14/h10-11,13-14,19H,3-9,12H2,1-2H3. The van der Waals surface area contributed by atoms with Crippen molar-refractivity contribution in [2.75, 3.05) is 26.3 Å². The molecule has 1 unspecified atom stereocenters. The first-order valence-electron chi connectivity index (χ1n) is 8.37. The van der Waals surface area contributed by atoms with E-state index in [-0.39, 0.29) is 0 Å². The number of fused-ring (bicyclic) bond motifs is 1. The molecule has 2 aliphatic rings. The molecule has 2 aliphatic heterocycles. The van der Waals surface area contributed by atoms with Crippen LogP contribution >= 0.6 is 0 Å². The highest BCUT2D eigenvalue weighted by molar-refractivity contribution is 5.49. The molecule has 0 radical (unpaired) electrons. The molecule has 1 atom stereocenters. The van der Waals surface area contributed by atoms with Crippen LogP contribution in [0.5, 0.6) is 11.5 Å². The van der Waals surface area contributed by atoms with Crippen LogP contribution in [0.25, 0.3) is 0 Å². The van der Waals surface area contributed by atoms with Crippen molar-refractivity contribution in [1.82, 2.24) is 5.32 Å². The number of nitrogens with one attached hydrogen (secondary N) is 1. The van der Waals surface area contributed by atoms with Gasteiger partial charge in [0.1, 0.15) is 0 Å². The van der Waals surface area contributed by atoms with Crippen molar-refractivity contribution < 1.29 is 9.47 Å². The van der Waals surface area contributed by atoms with Crippen molar-refractivity contribution in [1.29, 1.82) is 0 Å². The molecule has 0 aromatic heterocycles. The van der Waals surface area contributed by atoms with Gasteiger partial charge >= 0.3 is 0 Å². The van der Waals surface area contributed by atoms with Gasteiger partial charge in [0.2, 0.25) is 0 Å². The molecule has 0 aliphatic carbocycles. The van der Waals surface area contributed by atoms with Gasteiger partial charge in [0.15, 0.2) is 11.5 Å². The molecule has 1 N–H and O–H groups in total. The van der Waals surface area contributed by atoms with Gasteiger partial charge in [-0.1, -0.05) is 13.8 Å². The van der Waals surface area contributed by atoms with Crippen molar-refractivity contribution in [3.05, 3.63) is 23.3 Å². The van der Waals surface area contributed by atoms with E-state index in [2.05, 4.69) is 31.3 Å². The summed E-state index contributed by atoms with van der Waals surface area (Å²) in [5.41, 5.74) is 2.87. The summed E-state index contributed by atoms with van der Waals surface area (Å²) < 4.78 is 11.7. The fourth-order valence-corrected chi connectivity index (χ4v) is 3.39. The van der Waals surface area contributed by atoms with Gasteiger partial charge in [-0.25, -0.2) is 0 Å². The lowest BCUT2D eigenvalue weighted by molar-refractivity contribution is 0.297. The van der Waals surface area contributed by atoms with Gasteiger partial charge in [-0.2, -0.15) is 0 Å². The maximum absolute atomic E-state index is 5.87. The monoisotopic (exact) mass is 289 g/mol. The maximum atomic E-state index is 5.87. The summed E-state index contributed by atoms with van der Waals surface area (Å²) in [6.45, 7) is 8.37. The van der Waals surface area contributed by atoms with Crippen LogP contribution in [0, 0.1) is 5.92 Å². The SMILES string of the molecule is CC(C)c1cc2c(cc1CC1CCCNC1)OCCCO2. The number of piperidine rings is 1. The molecule has 0 amide bonds. The lowest BCUT2D eigenvalue weighted by atomic mass is 9.87. The molecule has 3 rings (SSSR count). The second-order valence-electron chi connectivity index (χ2n) is 6.62. The van der Waals surface area contributed by atoms with Crippen LogP contribution in [0.4, 0.5) is 0 Å². The van der Waals surface area contributed by atoms with Gasteiger partial charge in [-0.3, -0.25) is 0 Å². The Morgan fingerprint density at radius 1 is 1.14 bits per heavy atom. The first kappa shape index (κ1) is 14.7. The Bertz CT molecular complexity index is 478. The van der Waals surface area contributed by atoms with E-state index in [0.717, 1.165) is 50.0 Å². The van der Waals surface area contributed by atoms with E-state index >= 15 is 0 Å². The Balaban J connectivity index is 1.87. The zero-order valence-electron chi connectivity index (χ0n) is 13.3. The molecular weight excluding hydrogens is 262 g/mol. The summed E-state index contributed by atoms with van der Waals surface area (Å²) >= 11 is 0. The summed E-state index contributed by atoms with van der Waals surface area (Å²) in [6, 6.07) is 4.46. The number of hydrogen-bond donors (Lipinski definition) is 1. The first-order chi connectivity index (χ1) is 10.2. The molecule has 116 valence electrons. The molecular formula is C18H27NO2. The Kier molecular flexibility index (Phi) is 4.69. The van der Waals surface area contributed by atoms with Crippen LogP contribution in [0.2, 0.25) is 0 Å². The molecule has 21 heavy (non-hydrogen) atoms. The van der Waals surface area contributed by atoms with Crippen LogP contribution in [-0.4, -0.2) is 26.3 Å². The van der Waals surface area contributed by atoms with E-state index in [9.17, 15) is 0 Å². The number of ether oxygens (including phenoxy) is 2. The van der Waals surface area contributed by atoms with Crippen molar-refractivity contribution in [2.45, 2.75) is 45.4 Å². The largest absolute Gasteiger partial charge is 0.490 e. The highest BCUT2D eigenvalue weighted by atomic mass is 16.5. The smallest absolute Gasteiger partial charge is 0.161 e. The lowest BCUT2D eigenvalue weighted by Crippen LogP contribution is -2.31. The zero-order valence-corrected chi connectivity index (χ0v) is 13.3. The molecule has 0 spiro atoms. The van der Waals surface area contributed by atoms with Crippen LogP contribution in [0.1, 0.15) is 50.2 Å². The Morgan fingerprint density at radius 2 is 1.90 bits per heavy atom. The first-order valence-corrected chi connectivity index (χ1v) is 8.37. The molecule has 3 nitrogen and oxygen atoms in total. The van der Waals surface area contributed by atoms with Crippen LogP contribution in [0.3, 0.4) is 0 Å². The number of rotatable bonds is 3. The second kappa shape index (κ2) is 6.69. The Labute approximate surface area is 128 Å². The van der Waals surface area contributed by atoms with Crippen molar-refractivity contribution in [3.63, 3.8) is 0 Å². The van der Waals surface area contributed by atoms with Gasteiger partial charge in [-0.15, -0.1) is 0 Å². The van der Waals surface area contributed by atoms with Gasteiger partial charge in [0, 0.05) is 6.42 Å². The summed E-state index contributed by atoms with van der Waals surface area (Å²) in [7, 11) is 0. The quantitative estimate of drug-likeness (QED) is 0.923. The third kappa shape index (κ3) is 3.52. The van der Waals surface area contributed by atoms with Crippen molar-refractivity contribution in [3.8, 4) is 11.5 Å². The third-order valence-electron chi connectivity index (χ3n) is 4.54. The fraction of sp³-hybridized carbons (Fsp3) is 0.667. The molecule has 0 saturated carbocycles. The Morgan fingerprint density at radius 3 is 2.57 bits per heavy atom. The van der Waals surface area contributed by atoms with E-state index in [0.29, 0.717) is 5.92 Å². The minimum atomic E-state index is 0.522. The minimum Gasteiger partial charge on any atom is -0.490 e. The molecule has 1 aromatic rings. The van der Waals surface area contributed by atoms with Gasteiger partial charge < -0.3 is 14.8 Å². The van der Waals surface area contributed by atoms with E-state index in [1.165, 1.54) is 30.5 Å². The number of hydrogen-bond acceptors (Lipinski definition) is 3. The molecule has 1 saturated heterocycles. The molecule has 1 fully saturated rings. The normalized spacial score (nSPS) is 22.1. The average molecular weight is 289 g/mol. The summed E-state index contributed by atoms with van der Waals surface area (Å²) in [6.07, 6.45) is 4.75. The van der Waals surface area contributed by atoms with Gasteiger partial charge in [-0.05, 0) is 67.4 Å². The Hall–Kier alpha value is -1.22. The van der Waals surface area contributed by atoms with Crippen LogP contribution < -0.4 is 14.8 Å². The van der Waals surface area contributed by atoms with Crippen LogP contribution in [-0.2, 0) is 6.42 Å². The highest BCUT2D eigenvalue weighted by Crippen LogP contribution is 2.37. The van der Waals surface area contributed by atoms with E-state index in [1.807, 2.05) is 0 Å².